The van der Waals surface area contributed by atoms with E-state index >= 15 is 0 Å². The van der Waals surface area contributed by atoms with Gasteiger partial charge in [0.05, 0.1) is 20.1 Å². The molecule has 0 aliphatic carbocycles. The van der Waals surface area contributed by atoms with E-state index in [4.69, 9.17) is 9.26 Å². The van der Waals surface area contributed by atoms with Gasteiger partial charge in [0.15, 0.2) is 0 Å². The molecular formula is C23H26N4O3. The first-order valence-electron chi connectivity index (χ1n) is 10.1. The third kappa shape index (κ3) is 4.86. The molecular weight excluding hydrogens is 380 g/mol. The van der Waals surface area contributed by atoms with Crippen LogP contribution in [0.1, 0.15) is 17.0 Å². The summed E-state index contributed by atoms with van der Waals surface area (Å²) >= 11 is 0. The van der Waals surface area contributed by atoms with Crippen molar-refractivity contribution in [2.24, 2.45) is 0 Å². The van der Waals surface area contributed by atoms with Crippen LogP contribution < -0.4 is 4.74 Å². The highest BCUT2D eigenvalue weighted by Crippen LogP contribution is 2.20. The summed E-state index contributed by atoms with van der Waals surface area (Å²) < 4.78 is 10.6. The van der Waals surface area contributed by atoms with Gasteiger partial charge in [-0.25, -0.2) is 0 Å². The summed E-state index contributed by atoms with van der Waals surface area (Å²) in [6, 6.07) is 15.7. The molecule has 1 amide bonds. The number of aromatic nitrogens is 2. The van der Waals surface area contributed by atoms with Crippen LogP contribution in [-0.4, -0.2) is 59.1 Å². The fraction of sp³-hybridized carbons (Fsp3) is 0.348. The van der Waals surface area contributed by atoms with Crippen LogP contribution in [-0.2, 0) is 17.8 Å². The van der Waals surface area contributed by atoms with Crippen LogP contribution in [0.15, 0.2) is 53.1 Å². The molecule has 0 radical (unpaired) electrons. The second-order valence-electron chi connectivity index (χ2n) is 7.56. The Morgan fingerprint density at radius 1 is 1.03 bits per heavy atom. The summed E-state index contributed by atoms with van der Waals surface area (Å²) in [5.41, 5.74) is 3.15. The van der Waals surface area contributed by atoms with Gasteiger partial charge in [-0.2, -0.15) is 4.98 Å². The number of benzene rings is 2. The maximum atomic E-state index is 12.6. The zero-order chi connectivity index (χ0) is 20.9. The predicted molar refractivity (Wildman–Crippen MR) is 113 cm³/mol. The summed E-state index contributed by atoms with van der Waals surface area (Å²) in [4.78, 5) is 21.3. The van der Waals surface area contributed by atoms with Crippen molar-refractivity contribution in [1.82, 2.24) is 19.9 Å². The van der Waals surface area contributed by atoms with Gasteiger partial charge in [0.25, 0.3) is 0 Å². The van der Waals surface area contributed by atoms with Crippen LogP contribution >= 0.6 is 0 Å². The van der Waals surface area contributed by atoms with E-state index in [2.05, 4.69) is 15.0 Å². The van der Waals surface area contributed by atoms with Crippen molar-refractivity contribution in [2.45, 2.75) is 19.9 Å². The van der Waals surface area contributed by atoms with Crippen LogP contribution in [0.3, 0.4) is 0 Å². The maximum Gasteiger partial charge on any atom is 0.241 e. The molecule has 1 aliphatic rings. The van der Waals surface area contributed by atoms with Gasteiger partial charge >= 0.3 is 0 Å². The third-order valence-electron chi connectivity index (χ3n) is 5.38. The van der Waals surface area contributed by atoms with Crippen LogP contribution in [0.4, 0.5) is 0 Å². The number of carbonyl (C=O) groups excluding carboxylic acids is 1. The second kappa shape index (κ2) is 9.09. The fourth-order valence-electron chi connectivity index (χ4n) is 3.52. The first kappa shape index (κ1) is 20.1. The molecule has 1 saturated heterocycles. The van der Waals surface area contributed by atoms with E-state index in [1.165, 1.54) is 5.56 Å². The smallest absolute Gasteiger partial charge is 0.241 e. The van der Waals surface area contributed by atoms with Crippen LogP contribution in [0.5, 0.6) is 5.75 Å². The molecule has 2 heterocycles. The Bertz CT molecular complexity index is 974. The molecule has 7 nitrogen and oxygen atoms in total. The number of ether oxygens (including phenoxy) is 1. The van der Waals surface area contributed by atoms with Gasteiger partial charge in [-0.15, -0.1) is 0 Å². The Kier molecular flexibility index (Phi) is 6.09. The Labute approximate surface area is 176 Å². The van der Waals surface area contributed by atoms with Crippen molar-refractivity contribution in [3.63, 3.8) is 0 Å². The molecule has 156 valence electrons. The Morgan fingerprint density at radius 2 is 1.73 bits per heavy atom. The summed E-state index contributed by atoms with van der Waals surface area (Å²) in [5.74, 6) is 2.12. The van der Waals surface area contributed by atoms with Gasteiger partial charge in [-0.3, -0.25) is 9.69 Å². The van der Waals surface area contributed by atoms with Gasteiger partial charge in [-0.05, 0) is 36.8 Å². The molecule has 1 aliphatic heterocycles. The monoisotopic (exact) mass is 406 g/mol. The lowest BCUT2D eigenvalue weighted by molar-refractivity contribution is -0.132. The molecule has 1 fully saturated rings. The molecule has 0 atom stereocenters. The number of hydrogen-bond donors (Lipinski definition) is 0. The van der Waals surface area contributed by atoms with Gasteiger partial charge in [-0.1, -0.05) is 35.0 Å². The largest absolute Gasteiger partial charge is 0.497 e. The quantitative estimate of drug-likeness (QED) is 0.627. The molecule has 30 heavy (non-hydrogen) atoms. The normalized spacial score (nSPS) is 14.7. The first-order valence-corrected chi connectivity index (χ1v) is 10.1. The second-order valence-corrected chi connectivity index (χ2v) is 7.56. The lowest BCUT2D eigenvalue weighted by Gasteiger charge is -2.34. The molecule has 2 aromatic carbocycles. The van der Waals surface area contributed by atoms with E-state index in [9.17, 15) is 4.79 Å². The van der Waals surface area contributed by atoms with Crippen LogP contribution in [0, 0.1) is 6.92 Å². The number of amides is 1. The lowest BCUT2D eigenvalue weighted by Crippen LogP contribution is -2.48. The highest BCUT2D eigenvalue weighted by molar-refractivity contribution is 5.78. The van der Waals surface area contributed by atoms with Gasteiger partial charge in [0.1, 0.15) is 5.75 Å². The zero-order valence-electron chi connectivity index (χ0n) is 17.4. The van der Waals surface area contributed by atoms with Gasteiger partial charge in [0, 0.05) is 31.7 Å². The summed E-state index contributed by atoms with van der Waals surface area (Å²) in [5, 5.41) is 4.09. The molecule has 0 bridgehead atoms. The number of nitrogens with zero attached hydrogens (tertiary/aromatic N) is 4. The van der Waals surface area contributed by atoms with Crippen LogP contribution in [0.2, 0.25) is 0 Å². The average Bonchev–Trinajstić information content (AvgIpc) is 3.24. The first-order chi connectivity index (χ1) is 14.6. The van der Waals surface area contributed by atoms with E-state index in [-0.39, 0.29) is 5.91 Å². The minimum absolute atomic E-state index is 0.179. The van der Waals surface area contributed by atoms with Crippen LogP contribution in [0.25, 0.3) is 11.4 Å². The maximum absolute atomic E-state index is 12.6. The number of carbonyl (C=O) groups is 1. The van der Waals surface area contributed by atoms with Crippen molar-refractivity contribution in [2.75, 3.05) is 33.3 Å². The van der Waals surface area contributed by atoms with Crippen molar-refractivity contribution in [3.8, 4) is 17.1 Å². The van der Waals surface area contributed by atoms with Gasteiger partial charge in [0.2, 0.25) is 17.6 Å². The zero-order valence-corrected chi connectivity index (χ0v) is 17.4. The number of aryl methyl sites for hydroxylation is 1. The topological polar surface area (TPSA) is 71.7 Å². The molecule has 0 unspecified atom stereocenters. The molecule has 1 aromatic heterocycles. The number of methoxy groups -OCH3 is 1. The Balaban J connectivity index is 1.28. The standard InChI is InChI=1S/C23H26N4O3/c1-17-3-5-18(6-4-17)15-22(28)27-13-11-26(12-14-27)16-21-24-23(25-30-21)19-7-9-20(29-2)10-8-19/h3-10H,11-16H2,1-2H3. The summed E-state index contributed by atoms with van der Waals surface area (Å²) in [7, 11) is 1.64. The number of piperazine rings is 1. The molecule has 0 N–H and O–H groups in total. The molecule has 3 aromatic rings. The predicted octanol–water partition coefficient (Wildman–Crippen LogP) is 2.94. The van der Waals surface area contributed by atoms with E-state index in [0.29, 0.717) is 37.8 Å². The van der Waals surface area contributed by atoms with E-state index in [1.54, 1.807) is 7.11 Å². The average molecular weight is 406 g/mol. The summed E-state index contributed by atoms with van der Waals surface area (Å²) in [6.07, 6.45) is 0.454. The van der Waals surface area contributed by atoms with Crippen molar-refractivity contribution in [1.29, 1.82) is 0 Å². The lowest BCUT2D eigenvalue weighted by atomic mass is 10.1. The molecule has 0 spiro atoms. The SMILES string of the molecule is COc1ccc(-c2noc(CN3CCN(C(=O)Cc4ccc(C)cc4)CC3)n2)cc1. The highest BCUT2D eigenvalue weighted by Gasteiger charge is 2.22. The molecule has 7 heteroatoms. The third-order valence-corrected chi connectivity index (χ3v) is 5.38. The number of rotatable bonds is 6. The van der Waals surface area contributed by atoms with E-state index in [0.717, 1.165) is 30.0 Å². The Hall–Kier alpha value is -3.19. The molecule has 0 saturated carbocycles. The minimum atomic E-state index is 0.179. The van der Waals surface area contributed by atoms with Crippen molar-refractivity contribution < 1.29 is 14.1 Å². The fourth-order valence-corrected chi connectivity index (χ4v) is 3.52. The van der Waals surface area contributed by atoms with Crippen molar-refractivity contribution >= 4 is 5.91 Å². The molecule has 4 rings (SSSR count). The van der Waals surface area contributed by atoms with E-state index < -0.39 is 0 Å². The van der Waals surface area contributed by atoms with E-state index in [1.807, 2.05) is 60.4 Å². The van der Waals surface area contributed by atoms with Gasteiger partial charge < -0.3 is 14.2 Å². The van der Waals surface area contributed by atoms with Crippen molar-refractivity contribution in [3.05, 3.63) is 65.5 Å². The highest BCUT2D eigenvalue weighted by atomic mass is 16.5. The minimum Gasteiger partial charge on any atom is -0.497 e. The summed E-state index contributed by atoms with van der Waals surface area (Å²) in [6.45, 7) is 5.64. The Morgan fingerprint density at radius 3 is 2.40 bits per heavy atom. The number of hydrogen-bond acceptors (Lipinski definition) is 6.